The smallest absolute Gasteiger partial charge is 0.297 e. The Morgan fingerprint density at radius 2 is 2.23 bits per heavy atom. The molecule has 0 unspecified atom stereocenters. The Labute approximate surface area is 77.2 Å². The molecule has 1 aromatic heterocycles. The lowest BCUT2D eigenvalue weighted by molar-refractivity contribution is 0.144. The molecule has 0 amide bonds. The Bertz CT molecular complexity index is 277. The van der Waals surface area contributed by atoms with Gasteiger partial charge >= 0.3 is 0 Å². The zero-order valence-corrected chi connectivity index (χ0v) is 7.73. The van der Waals surface area contributed by atoms with Gasteiger partial charge in [0, 0.05) is 13.1 Å². The van der Waals surface area contributed by atoms with Crippen molar-refractivity contribution in [2.75, 3.05) is 18.0 Å². The highest BCUT2D eigenvalue weighted by atomic mass is 16.4. The SMILES string of the molecule is Cc1cnc(N2CCC(O)CC2)o1. The van der Waals surface area contributed by atoms with Crippen LogP contribution in [0.25, 0.3) is 0 Å². The normalized spacial score (nSPS) is 19.4. The van der Waals surface area contributed by atoms with E-state index in [0.717, 1.165) is 31.7 Å². The zero-order valence-electron chi connectivity index (χ0n) is 7.73. The average molecular weight is 182 g/mol. The second-order valence-electron chi connectivity index (χ2n) is 3.47. The molecule has 0 aliphatic carbocycles. The summed E-state index contributed by atoms with van der Waals surface area (Å²) in [7, 11) is 0. The summed E-state index contributed by atoms with van der Waals surface area (Å²) in [5, 5.41) is 9.30. The summed E-state index contributed by atoms with van der Waals surface area (Å²) in [5.41, 5.74) is 0. The van der Waals surface area contributed by atoms with Gasteiger partial charge in [0.05, 0.1) is 12.3 Å². The van der Waals surface area contributed by atoms with Crippen LogP contribution in [0, 0.1) is 6.92 Å². The number of aryl methyl sites for hydroxylation is 1. The van der Waals surface area contributed by atoms with Gasteiger partial charge in [-0.1, -0.05) is 0 Å². The first-order chi connectivity index (χ1) is 6.25. The van der Waals surface area contributed by atoms with Gasteiger partial charge in [-0.3, -0.25) is 0 Å². The summed E-state index contributed by atoms with van der Waals surface area (Å²) in [6.07, 6.45) is 3.19. The lowest BCUT2D eigenvalue weighted by Gasteiger charge is -2.27. The highest BCUT2D eigenvalue weighted by molar-refractivity contribution is 5.26. The van der Waals surface area contributed by atoms with Crippen LogP contribution in [0.2, 0.25) is 0 Å². The number of piperidine rings is 1. The molecular formula is C9H14N2O2. The van der Waals surface area contributed by atoms with E-state index in [1.807, 2.05) is 6.92 Å². The lowest BCUT2D eigenvalue weighted by Crippen LogP contribution is -2.35. The van der Waals surface area contributed by atoms with Crippen molar-refractivity contribution >= 4 is 6.01 Å². The molecule has 1 N–H and O–H groups in total. The monoisotopic (exact) mass is 182 g/mol. The first-order valence-corrected chi connectivity index (χ1v) is 4.61. The number of aliphatic hydroxyl groups excluding tert-OH is 1. The third kappa shape index (κ3) is 1.83. The fourth-order valence-electron chi connectivity index (χ4n) is 1.55. The molecule has 0 saturated carbocycles. The quantitative estimate of drug-likeness (QED) is 0.702. The third-order valence-corrected chi connectivity index (χ3v) is 2.34. The first-order valence-electron chi connectivity index (χ1n) is 4.61. The molecule has 0 atom stereocenters. The van der Waals surface area contributed by atoms with Crippen LogP contribution in [-0.2, 0) is 0 Å². The maximum atomic E-state index is 9.30. The first kappa shape index (κ1) is 8.56. The van der Waals surface area contributed by atoms with Crippen LogP contribution in [0.3, 0.4) is 0 Å². The van der Waals surface area contributed by atoms with Crippen molar-refractivity contribution in [3.05, 3.63) is 12.0 Å². The molecule has 0 bridgehead atoms. The fourth-order valence-corrected chi connectivity index (χ4v) is 1.55. The van der Waals surface area contributed by atoms with Crippen molar-refractivity contribution in [1.29, 1.82) is 0 Å². The minimum Gasteiger partial charge on any atom is -0.429 e. The van der Waals surface area contributed by atoms with Gasteiger partial charge in [-0.2, -0.15) is 0 Å². The van der Waals surface area contributed by atoms with Crippen molar-refractivity contribution < 1.29 is 9.52 Å². The Hall–Kier alpha value is -1.03. The minimum atomic E-state index is -0.146. The number of rotatable bonds is 1. The summed E-state index contributed by atoms with van der Waals surface area (Å²) < 4.78 is 5.39. The maximum Gasteiger partial charge on any atom is 0.297 e. The molecule has 2 rings (SSSR count). The van der Waals surface area contributed by atoms with Crippen molar-refractivity contribution in [2.45, 2.75) is 25.9 Å². The van der Waals surface area contributed by atoms with Gasteiger partial charge in [-0.25, -0.2) is 4.98 Å². The van der Waals surface area contributed by atoms with E-state index >= 15 is 0 Å². The predicted octanol–water partition coefficient (Wildman–Crippen LogP) is 0.944. The number of anilines is 1. The fraction of sp³-hybridized carbons (Fsp3) is 0.667. The zero-order chi connectivity index (χ0) is 9.26. The molecule has 0 radical (unpaired) electrons. The highest BCUT2D eigenvalue weighted by Gasteiger charge is 2.19. The minimum absolute atomic E-state index is 0.146. The van der Waals surface area contributed by atoms with E-state index in [4.69, 9.17) is 4.42 Å². The van der Waals surface area contributed by atoms with E-state index in [1.54, 1.807) is 6.20 Å². The topological polar surface area (TPSA) is 49.5 Å². The van der Waals surface area contributed by atoms with Gasteiger partial charge in [0.25, 0.3) is 6.01 Å². The summed E-state index contributed by atoms with van der Waals surface area (Å²) in [6, 6.07) is 0.685. The standard InChI is InChI=1S/C9H14N2O2/c1-7-6-10-9(13-7)11-4-2-8(12)3-5-11/h6,8,12H,2-5H2,1H3. The molecular weight excluding hydrogens is 168 g/mol. The molecule has 4 nitrogen and oxygen atoms in total. The Balaban J connectivity index is 2.02. The molecule has 72 valence electrons. The van der Waals surface area contributed by atoms with Crippen LogP contribution in [0.5, 0.6) is 0 Å². The van der Waals surface area contributed by atoms with E-state index < -0.39 is 0 Å². The number of hydrogen-bond acceptors (Lipinski definition) is 4. The second-order valence-corrected chi connectivity index (χ2v) is 3.47. The van der Waals surface area contributed by atoms with E-state index in [9.17, 15) is 5.11 Å². The number of nitrogens with zero attached hydrogens (tertiary/aromatic N) is 2. The number of aromatic nitrogens is 1. The van der Waals surface area contributed by atoms with Gasteiger partial charge in [0.2, 0.25) is 0 Å². The average Bonchev–Trinajstić information content (AvgIpc) is 2.53. The number of aliphatic hydroxyl groups is 1. The van der Waals surface area contributed by atoms with Crippen LogP contribution in [0.4, 0.5) is 6.01 Å². The van der Waals surface area contributed by atoms with Crippen LogP contribution in [-0.4, -0.2) is 29.3 Å². The van der Waals surface area contributed by atoms with E-state index in [0.29, 0.717) is 6.01 Å². The van der Waals surface area contributed by atoms with Gasteiger partial charge in [-0.05, 0) is 19.8 Å². The molecule has 0 spiro atoms. The van der Waals surface area contributed by atoms with Crippen molar-refractivity contribution in [1.82, 2.24) is 4.98 Å². The molecule has 0 aromatic carbocycles. The van der Waals surface area contributed by atoms with Crippen LogP contribution < -0.4 is 4.90 Å². The Kier molecular flexibility index (Phi) is 2.22. The van der Waals surface area contributed by atoms with Crippen molar-refractivity contribution in [3.63, 3.8) is 0 Å². The van der Waals surface area contributed by atoms with Gasteiger partial charge < -0.3 is 14.4 Å². The summed E-state index contributed by atoms with van der Waals surface area (Å²) in [6.45, 7) is 3.55. The Morgan fingerprint density at radius 1 is 1.54 bits per heavy atom. The van der Waals surface area contributed by atoms with Crippen molar-refractivity contribution in [2.24, 2.45) is 0 Å². The van der Waals surface area contributed by atoms with E-state index in [2.05, 4.69) is 9.88 Å². The predicted molar refractivity (Wildman–Crippen MR) is 48.7 cm³/mol. The molecule has 13 heavy (non-hydrogen) atoms. The molecule has 1 aromatic rings. The molecule has 1 aliphatic rings. The van der Waals surface area contributed by atoms with Crippen molar-refractivity contribution in [3.8, 4) is 0 Å². The molecule has 1 saturated heterocycles. The van der Waals surface area contributed by atoms with Crippen LogP contribution in [0.15, 0.2) is 10.6 Å². The van der Waals surface area contributed by atoms with Gasteiger partial charge in [-0.15, -0.1) is 0 Å². The molecule has 2 heterocycles. The largest absolute Gasteiger partial charge is 0.429 e. The van der Waals surface area contributed by atoms with E-state index in [1.165, 1.54) is 0 Å². The molecule has 4 heteroatoms. The summed E-state index contributed by atoms with van der Waals surface area (Å²) in [4.78, 5) is 6.21. The third-order valence-electron chi connectivity index (χ3n) is 2.34. The molecule has 1 aliphatic heterocycles. The lowest BCUT2D eigenvalue weighted by atomic mass is 10.1. The maximum absolute atomic E-state index is 9.30. The number of oxazole rings is 1. The number of hydrogen-bond donors (Lipinski definition) is 1. The molecule has 1 fully saturated rings. The summed E-state index contributed by atoms with van der Waals surface area (Å²) >= 11 is 0. The highest BCUT2D eigenvalue weighted by Crippen LogP contribution is 2.19. The summed E-state index contributed by atoms with van der Waals surface area (Å²) in [5.74, 6) is 0.834. The van der Waals surface area contributed by atoms with Crippen LogP contribution in [0.1, 0.15) is 18.6 Å². The Morgan fingerprint density at radius 3 is 2.77 bits per heavy atom. The second kappa shape index (κ2) is 3.38. The van der Waals surface area contributed by atoms with Gasteiger partial charge in [0.15, 0.2) is 0 Å². The van der Waals surface area contributed by atoms with E-state index in [-0.39, 0.29) is 6.10 Å². The van der Waals surface area contributed by atoms with Gasteiger partial charge in [0.1, 0.15) is 5.76 Å². The van der Waals surface area contributed by atoms with Crippen LogP contribution >= 0.6 is 0 Å².